The van der Waals surface area contributed by atoms with Crippen LogP contribution < -0.4 is 16.4 Å². The molecule has 1 aliphatic carbocycles. The van der Waals surface area contributed by atoms with Crippen molar-refractivity contribution < 1.29 is 9.18 Å². The molecule has 0 spiro atoms. The molecular formula is C16H24Cl2FN3O. The molecule has 1 amide bonds. The summed E-state index contributed by atoms with van der Waals surface area (Å²) in [5.41, 5.74) is 6.45. The monoisotopic (exact) mass is 363 g/mol. The second kappa shape index (κ2) is 6.93. The molecule has 1 aliphatic rings. The fraction of sp³-hybridized carbons (Fsp3) is 0.562. The molecule has 0 saturated heterocycles. The first kappa shape index (κ1) is 20.2. The van der Waals surface area contributed by atoms with Gasteiger partial charge in [-0.3, -0.25) is 4.79 Å². The van der Waals surface area contributed by atoms with E-state index < -0.39 is 5.82 Å². The number of rotatable bonds is 4. The van der Waals surface area contributed by atoms with Crippen molar-refractivity contribution in [2.24, 2.45) is 16.6 Å². The highest BCUT2D eigenvalue weighted by Gasteiger charge is 2.59. The first-order valence-corrected chi connectivity index (χ1v) is 7.68. The van der Waals surface area contributed by atoms with Gasteiger partial charge in [0.2, 0.25) is 5.91 Å². The topological polar surface area (TPSA) is 67.1 Å². The van der Waals surface area contributed by atoms with E-state index in [9.17, 15) is 9.18 Å². The van der Waals surface area contributed by atoms with Gasteiger partial charge in [0, 0.05) is 12.1 Å². The van der Waals surface area contributed by atoms with Gasteiger partial charge >= 0.3 is 0 Å². The predicted molar refractivity (Wildman–Crippen MR) is 94.6 cm³/mol. The first-order chi connectivity index (χ1) is 10.1. The fourth-order valence-electron chi connectivity index (χ4n) is 3.69. The minimum Gasteiger partial charge on any atom is -0.327 e. The van der Waals surface area contributed by atoms with E-state index in [0.29, 0.717) is 5.69 Å². The van der Waals surface area contributed by atoms with Gasteiger partial charge in [0.25, 0.3) is 0 Å². The number of benzene rings is 1. The Bertz CT molecular complexity index is 577. The second-order valence-electron chi connectivity index (χ2n) is 7.11. The molecule has 1 aromatic rings. The van der Waals surface area contributed by atoms with E-state index in [2.05, 4.69) is 38.3 Å². The maximum atomic E-state index is 13.0. The number of nitrogens with one attached hydrogen (secondary N) is 2. The van der Waals surface area contributed by atoms with Gasteiger partial charge in [-0.1, -0.05) is 39.3 Å². The standard InChI is InChI=1S/C16H23ClFN3O.ClH/c1-15(2)13(19)16(3,4)14(15)20-8-12(22)21-11-6-5-9(18)7-10(11)17;/h5-7,13-14,20H,8,19H2,1-4H3,(H,21,22);1H. The fourth-order valence-corrected chi connectivity index (χ4v) is 3.90. The summed E-state index contributed by atoms with van der Waals surface area (Å²) in [7, 11) is 0. The molecule has 4 nitrogen and oxygen atoms in total. The van der Waals surface area contributed by atoms with Crippen LogP contribution in [-0.4, -0.2) is 24.5 Å². The Morgan fingerprint density at radius 1 is 1.30 bits per heavy atom. The number of amides is 1. The van der Waals surface area contributed by atoms with Crippen molar-refractivity contribution in [3.05, 3.63) is 29.0 Å². The number of carbonyl (C=O) groups is 1. The van der Waals surface area contributed by atoms with Crippen LogP contribution >= 0.6 is 24.0 Å². The Morgan fingerprint density at radius 2 is 1.87 bits per heavy atom. The summed E-state index contributed by atoms with van der Waals surface area (Å²) in [4.78, 5) is 12.0. The average molecular weight is 364 g/mol. The molecule has 0 heterocycles. The smallest absolute Gasteiger partial charge is 0.238 e. The van der Waals surface area contributed by atoms with E-state index in [-0.39, 0.29) is 52.8 Å². The second-order valence-corrected chi connectivity index (χ2v) is 7.51. The van der Waals surface area contributed by atoms with Crippen molar-refractivity contribution >= 4 is 35.6 Å². The Balaban J connectivity index is 0.00000264. The van der Waals surface area contributed by atoms with Crippen LogP contribution in [0.1, 0.15) is 27.7 Å². The van der Waals surface area contributed by atoms with Gasteiger partial charge < -0.3 is 16.4 Å². The molecule has 1 fully saturated rings. The largest absolute Gasteiger partial charge is 0.327 e. The number of hydrogen-bond donors (Lipinski definition) is 3. The third-order valence-corrected chi connectivity index (χ3v) is 5.08. The molecule has 0 bridgehead atoms. The molecule has 23 heavy (non-hydrogen) atoms. The highest BCUT2D eigenvalue weighted by Crippen LogP contribution is 2.52. The molecule has 0 aliphatic heterocycles. The van der Waals surface area contributed by atoms with Crippen LogP contribution in [0.25, 0.3) is 0 Å². The molecule has 2 rings (SSSR count). The lowest BCUT2D eigenvalue weighted by Gasteiger charge is -2.63. The van der Waals surface area contributed by atoms with E-state index in [4.69, 9.17) is 17.3 Å². The van der Waals surface area contributed by atoms with Crippen molar-refractivity contribution in [1.29, 1.82) is 0 Å². The zero-order valence-electron chi connectivity index (χ0n) is 13.7. The third kappa shape index (κ3) is 3.79. The van der Waals surface area contributed by atoms with Crippen molar-refractivity contribution in [2.45, 2.75) is 39.8 Å². The SMILES string of the molecule is CC1(C)C(N)C(C)(C)C1NCC(=O)Nc1ccc(F)cc1Cl.Cl. The molecule has 0 radical (unpaired) electrons. The van der Waals surface area contributed by atoms with Gasteiger partial charge in [0.05, 0.1) is 17.3 Å². The van der Waals surface area contributed by atoms with Crippen LogP contribution in [0.2, 0.25) is 5.02 Å². The van der Waals surface area contributed by atoms with Crippen LogP contribution in [-0.2, 0) is 4.79 Å². The normalized spacial score (nSPS) is 24.3. The van der Waals surface area contributed by atoms with Crippen molar-refractivity contribution in [3.63, 3.8) is 0 Å². The highest BCUT2D eigenvalue weighted by atomic mass is 35.5. The zero-order valence-corrected chi connectivity index (χ0v) is 15.3. The lowest BCUT2D eigenvalue weighted by atomic mass is 9.48. The van der Waals surface area contributed by atoms with E-state index in [0.717, 1.165) is 0 Å². The molecule has 1 aromatic carbocycles. The minimum absolute atomic E-state index is 0. The van der Waals surface area contributed by atoms with Crippen LogP contribution in [0.15, 0.2) is 18.2 Å². The summed E-state index contributed by atoms with van der Waals surface area (Å²) >= 11 is 5.89. The van der Waals surface area contributed by atoms with E-state index >= 15 is 0 Å². The lowest BCUT2D eigenvalue weighted by Crippen LogP contribution is -2.75. The minimum atomic E-state index is -0.437. The molecule has 1 saturated carbocycles. The quantitative estimate of drug-likeness (QED) is 0.769. The van der Waals surface area contributed by atoms with E-state index in [1.165, 1.54) is 18.2 Å². The Kier molecular flexibility index (Phi) is 6.08. The Morgan fingerprint density at radius 3 is 2.39 bits per heavy atom. The molecule has 0 atom stereocenters. The van der Waals surface area contributed by atoms with Crippen molar-refractivity contribution in [2.75, 3.05) is 11.9 Å². The summed E-state index contributed by atoms with van der Waals surface area (Å²) in [5, 5.41) is 6.13. The maximum Gasteiger partial charge on any atom is 0.238 e. The number of halogens is 3. The van der Waals surface area contributed by atoms with Crippen LogP contribution in [0.5, 0.6) is 0 Å². The van der Waals surface area contributed by atoms with Gasteiger partial charge in [-0.05, 0) is 29.0 Å². The number of anilines is 1. The van der Waals surface area contributed by atoms with Gasteiger partial charge in [-0.25, -0.2) is 4.39 Å². The Labute approximate surface area is 147 Å². The van der Waals surface area contributed by atoms with E-state index in [1.807, 2.05) is 0 Å². The van der Waals surface area contributed by atoms with E-state index in [1.54, 1.807) is 0 Å². The number of nitrogens with two attached hydrogens (primary N) is 1. The molecule has 130 valence electrons. The van der Waals surface area contributed by atoms with Crippen LogP contribution in [0, 0.1) is 16.6 Å². The molecule has 7 heteroatoms. The summed E-state index contributed by atoms with van der Waals surface area (Å²) in [6.45, 7) is 8.52. The first-order valence-electron chi connectivity index (χ1n) is 7.30. The van der Waals surface area contributed by atoms with Crippen molar-refractivity contribution in [3.8, 4) is 0 Å². The van der Waals surface area contributed by atoms with Gasteiger partial charge in [-0.15, -0.1) is 12.4 Å². The molecular weight excluding hydrogens is 340 g/mol. The average Bonchev–Trinajstić information content (AvgIpc) is 2.40. The lowest BCUT2D eigenvalue weighted by molar-refractivity contribution is -0.118. The van der Waals surface area contributed by atoms with Crippen LogP contribution in [0.3, 0.4) is 0 Å². The summed E-state index contributed by atoms with van der Waals surface area (Å²) in [5.74, 6) is -0.659. The zero-order chi connectivity index (χ0) is 16.7. The van der Waals surface area contributed by atoms with Crippen molar-refractivity contribution in [1.82, 2.24) is 5.32 Å². The maximum absolute atomic E-state index is 13.0. The molecule has 0 aromatic heterocycles. The van der Waals surface area contributed by atoms with Crippen LogP contribution in [0.4, 0.5) is 10.1 Å². The van der Waals surface area contributed by atoms with Gasteiger partial charge in [-0.2, -0.15) is 0 Å². The summed E-state index contributed by atoms with van der Waals surface area (Å²) < 4.78 is 13.0. The molecule has 4 N–H and O–H groups in total. The molecule has 0 unspecified atom stereocenters. The number of hydrogen-bond acceptors (Lipinski definition) is 3. The highest BCUT2D eigenvalue weighted by molar-refractivity contribution is 6.33. The Hall–Kier alpha value is -0.880. The summed E-state index contributed by atoms with van der Waals surface area (Å²) in [6.07, 6.45) is 0. The predicted octanol–water partition coefficient (Wildman–Crippen LogP) is 3.19. The summed E-state index contributed by atoms with van der Waals surface area (Å²) in [6, 6.07) is 4.09. The third-order valence-electron chi connectivity index (χ3n) is 4.76. The number of carbonyl (C=O) groups excluding carboxylic acids is 1. The van der Waals surface area contributed by atoms with Gasteiger partial charge in [0.1, 0.15) is 5.82 Å². The van der Waals surface area contributed by atoms with Gasteiger partial charge in [0.15, 0.2) is 0 Å².